The standard InChI is InChI=1S/C19H18BrClN2/c20-18-11-13-3-1-2-4-15(13)19(23-9-7-22-8-10-23)17-12-14(21)5-6-16(17)18/h1-6,11-12,19,22H,7-10H2. The maximum absolute atomic E-state index is 6.34. The van der Waals surface area contributed by atoms with Crippen molar-refractivity contribution in [1.82, 2.24) is 10.2 Å². The molecule has 23 heavy (non-hydrogen) atoms. The minimum Gasteiger partial charge on any atom is -0.314 e. The van der Waals surface area contributed by atoms with Gasteiger partial charge in [0, 0.05) is 35.7 Å². The average Bonchev–Trinajstić information content (AvgIpc) is 2.69. The molecule has 1 atom stereocenters. The molecule has 1 aliphatic heterocycles. The second kappa shape index (κ2) is 6.40. The number of rotatable bonds is 1. The number of piperazine rings is 1. The Morgan fingerprint density at radius 2 is 1.83 bits per heavy atom. The molecule has 0 amide bonds. The first kappa shape index (κ1) is 15.4. The lowest BCUT2D eigenvalue weighted by molar-refractivity contribution is 0.198. The van der Waals surface area contributed by atoms with E-state index < -0.39 is 0 Å². The molecule has 4 heteroatoms. The Bertz CT molecular complexity index is 766. The number of hydrogen-bond donors (Lipinski definition) is 1. The molecule has 2 aromatic carbocycles. The Morgan fingerprint density at radius 1 is 1.04 bits per heavy atom. The zero-order valence-electron chi connectivity index (χ0n) is 12.7. The van der Waals surface area contributed by atoms with E-state index in [1.165, 1.54) is 22.3 Å². The fourth-order valence-electron chi connectivity index (χ4n) is 3.58. The third-order valence-electron chi connectivity index (χ3n) is 4.66. The zero-order chi connectivity index (χ0) is 15.8. The van der Waals surface area contributed by atoms with Gasteiger partial charge < -0.3 is 5.32 Å². The highest BCUT2D eigenvalue weighted by Crippen LogP contribution is 2.42. The smallest absolute Gasteiger partial charge is 0.0615 e. The molecule has 0 saturated carbocycles. The molecule has 4 rings (SSSR count). The largest absolute Gasteiger partial charge is 0.314 e. The van der Waals surface area contributed by atoms with Crippen LogP contribution in [0.25, 0.3) is 10.6 Å². The minimum absolute atomic E-state index is 0.244. The predicted octanol–water partition coefficient (Wildman–Crippen LogP) is 4.54. The van der Waals surface area contributed by atoms with Crippen molar-refractivity contribution in [2.24, 2.45) is 0 Å². The van der Waals surface area contributed by atoms with E-state index in [1.807, 2.05) is 6.07 Å². The van der Waals surface area contributed by atoms with E-state index in [9.17, 15) is 0 Å². The molecule has 1 unspecified atom stereocenters. The molecule has 0 bridgehead atoms. The summed E-state index contributed by atoms with van der Waals surface area (Å²) in [5.41, 5.74) is 5.14. The van der Waals surface area contributed by atoms with Crippen LogP contribution in [0.3, 0.4) is 0 Å². The number of hydrogen-bond acceptors (Lipinski definition) is 2. The number of nitrogens with one attached hydrogen (secondary N) is 1. The lowest BCUT2D eigenvalue weighted by atomic mass is 9.92. The summed E-state index contributed by atoms with van der Waals surface area (Å²) in [4.78, 5) is 2.56. The Hall–Kier alpha value is -1.13. The van der Waals surface area contributed by atoms with E-state index in [-0.39, 0.29) is 6.04 Å². The quantitative estimate of drug-likeness (QED) is 0.770. The van der Waals surface area contributed by atoms with Gasteiger partial charge in [0.25, 0.3) is 0 Å². The van der Waals surface area contributed by atoms with Crippen LogP contribution >= 0.6 is 27.5 Å². The lowest BCUT2D eigenvalue weighted by Gasteiger charge is -2.36. The van der Waals surface area contributed by atoms with Gasteiger partial charge in [-0.15, -0.1) is 0 Å². The molecule has 1 aliphatic carbocycles. The van der Waals surface area contributed by atoms with Crippen LogP contribution in [0.4, 0.5) is 0 Å². The summed E-state index contributed by atoms with van der Waals surface area (Å²) in [5, 5.41) is 4.24. The van der Waals surface area contributed by atoms with Crippen LogP contribution in [0.2, 0.25) is 5.02 Å². The highest BCUT2D eigenvalue weighted by Gasteiger charge is 2.29. The van der Waals surface area contributed by atoms with E-state index in [2.05, 4.69) is 68.6 Å². The summed E-state index contributed by atoms with van der Waals surface area (Å²) in [5.74, 6) is 0. The van der Waals surface area contributed by atoms with Crippen LogP contribution < -0.4 is 5.32 Å². The molecule has 0 spiro atoms. The Labute approximate surface area is 150 Å². The van der Waals surface area contributed by atoms with Crippen molar-refractivity contribution in [3.8, 4) is 0 Å². The Kier molecular flexibility index (Phi) is 4.29. The summed E-state index contributed by atoms with van der Waals surface area (Å²) in [6.45, 7) is 4.15. The van der Waals surface area contributed by atoms with Crippen LogP contribution in [0.1, 0.15) is 28.3 Å². The van der Waals surface area contributed by atoms with Crippen molar-refractivity contribution in [2.45, 2.75) is 6.04 Å². The fraction of sp³-hybridized carbons (Fsp3) is 0.263. The first-order valence-corrected chi connectivity index (χ1v) is 9.12. The van der Waals surface area contributed by atoms with Crippen LogP contribution in [0, 0.1) is 0 Å². The van der Waals surface area contributed by atoms with Crippen molar-refractivity contribution in [3.05, 3.63) is 69.7 Å². The third kappa shape index (κ3) is 2.87. The molecule has 2 aromatic rings. The van der Waals surface area contributed by atoms with E-state index >= 15 is 0 Å². The molecule has 118 valence electrons. The van der Waals surface area contributed by atoms with Gasteiger partial charge in [0.1, 0.15) is 0 Å². The second-order valence-electron chi connectivity index (χ2n) is 6.04. The van der Waals surface area contributed by atoms with Gasteiger partial charge >= 0.3 is 0 Å². The Morgan fingerprint density at radius 3 is 2.65 bits per heavy atom. The van der Waals surface area contributed by atoms with Gasteiger partial charge in [-0.3, -0.25) is 4.90 Å². The van der Waals surface area contributed by atoms with E-state index in [1.54, 1.807) is 0 Å². The van der Waals surface area contributed by atoms with Gasteiger partial charge in [0.15, 0.2) is 0 Å². The van der Waals surface area contributed by atoms with Gasteiger partial charge in [-0.05, 0) is 40.5 Å². The van der Waals surface area contributed by atoms with E-state index in [0.717, 1.165) is 35.7 Å². The molecule has 0 radical (unpaired) electrons. The predicted molar refractivity (Wildman–Crippen MR) is 101 cm³/mol. The monoisotopic (exact) mass is 388 g/mol. The molecular weight excluding hydrogens is 372 g/mol. The topological polar surface area (TPSA) is 15.3 Å². The number of fused-ring (bicyclic) bond motifs is 2. The fourth-order valence-corrected chi connectivity index (χ4v) is 4.37. The van der Waals surface area contributed by atoms with Gasteiger partial charge in [0.2, 0.25) is 0 Å². The van der Waals surface area contributed by atoms with Crippen molar-refractivity contribution in [1.29, 1.82) is 0 Å². The molecule has 2 nitrogen and oxygen atoms in total. The highest BCUT2D eigenvalue weighted by atomic mass is 79.9. The van der Waals surface area contributed by atoms with Gasteiger partial charge in [-0.1, -0.05) is 57.9 Å². The molecule has 0 aromatic heterocycles. The maximum atomic E-state index is 6.34. The van der Waals surface area contributed by atoms with Gasteiger partial charge in [-0.25, -0.2) is 0 Å². The summed E-state index contributed by atoms with van der Waals surface area (Å²) in [6.07, 6.45) is 2.23. The van der Waals surface area contributed by atoms with Crippen LogP contribution in [0.5, 0.6) is 0 Å². The van der Waals surface area contributed by atoms with Gasteiger partial charge in [-0.2, -0.15) is 0 Å². The molecule has 2 aliphatic rings. The summed E-state index contributed by atoms with van der Waals surface area (Å²) >= 11 is 10.1. The molecule has 1 fully saturated rings. The SMILES string of the molecule is Clc1ccc2c(c1)C(N1CCNCC1)c1ccccc1C=C2Br. The summed E-state index contributed by atoms with van der Waals surface area (Å²) in [6, 6.07) is 15.1. The minimum atomic E-state index is 0.244. The van der Waals surface area contributed by atoms with Crippen LogP contribution in [-0.4, -0.2) is 31.1 Å². The normalized spacial score (nSPS) is 21.1. The molecule has 1 heterocycles. The van der Waals surface area contributed by atoms with Crippen molar-refractivity contribution >= 4 is 38.1 Å². The van der Waals surface area contributed by atoms with Gasteiger partial charge in [0.05, 0.1) is 6.04 Å². The number of nitrogens with zero attached hydrogens (tertiary/aromatic N) is 1. The molecule has 1 saturated heterocycles. The van der Waals surface area contributed by atoms with Crippen LogP contribution in [-0.2, 0) is 0 Å². The maximum Gasteiger partial charge on any atom is 0.0615 e. The highest BCUT2D eigenvalue weighted by molar-refractivity contribution is 9.15. The third-order valence-corrected chi connectivity index (χ3v) is 5.55. The van der Waals surface area contributed by atoms with E-state index in [4.69, 9.17) is 11.6 Å². The molecular formula is C19H18BrClN2. The number of halogens is 2. The zero-order valence-corrected chi connectivity index (χ0v) is 15.1. The number of benzene rings is 2. The van der Waals surface area contributed by atoms with E-state index in [0.29, 0.717) is 0 Å². The summed E-state index contributed by atoms with van der Waals surface area (Å²) in [7, 11) is 0. The van der Waals surface area contributed by atoms with Crippen molar-refractivity contribution in [2.75, 3.05) is 26.2 Å². The van der Waals surface area contributed by atoms with Crippen molar-refractivity contribution < 1.29 is 0 Å². The molecule has 1 N–H and O–H groups in total. The van der Waals surface area contributed by atoms with Crippen molar-refractivity contribution in [3.63, 3.8) is 0 Å². The first-order valence-electron chi connectivity index (χ1n) is 7.95. The second-order valence-corrected chi connectivity index (χ2v) is 7.33. The Balaban J connectivity index is 1.94. The van der Waals surface area contributed by atoms with Crippen LogP contribution in [0.15, 0.2) is 42.5 Å². The average molecular weight is 390 g/mol. The lowest BCUT2D eigenvalue weighted by Crippen LogP contribution is -2.45. The first-order chi connectivity index (χ1) is 11.2. The summed E-state index contributed by atoms with van der Waals surface area (Å²) < 4.78 is 1.12.